The van der Waals surface area contributed by atoms with Crippen molar-refractivity contribution in [3.63, 3.8) is 0 Å². The smallest absolute Gasteiger partial charge is 0.337 e. The van der Waals surface area contributed by atoms with Crippen LogP contribution in [-0.4, -0.2) is 54.5 Å². The molecule has 4 aromatic rings. The monoisotopic (exact) mass is 571 g/mol. The Morgan fingerprint density at radius 1 is 1.00 bits per heavy atom. The molecule has 1 aliphatic rings. The Balaban J connectivity index is 1.60. The quantitative estimate of drug-likeness (QED) is 0.223. The van der Waals surface area contributed by atoms with Gasteiger partial charge in [-0.25, -0.2) is 4.79 Å². The average molecular weight is 572 g/mol. The van der Waals surface area contributed by atoms with Crippen LogP contribution in [0.3, 0.4) is 0 Å². The second-order valence-corrected chi connectivity index (χ2v) is 9.59. The molecule has 0 bridgehead atoms. The zero-order valence-electron chi connectivity index (χ0n) is 22.7. The predicted octanol–water partition coefficient (Wildman–Crippen LogP) is 4.43. The summed E-state index contributed by atoms with van der Waals surface area (Å²) in [6, 6.07) is 21.8. The van der Waals surface area contributed by atoms with Gasteiger partial charge in [-0.2, -0.15) is 0 Å². The minimum Gasteiger partial charge on any atom is -0.495 e. The van der Waals surface area contributed by atoms with E-state index in [1.54, 1.807) is 31.5 Å². The van der Waals surface area contributed by atoms with E-state index in [4.69, 9.17) is 26.4 Å². The number of nitrogens with one attached hydrogen (secondary N) is 2. The van der Waals surface area contributed by atoms with Crippen LogP contribution >= 0.6 is 12.2 Å². The van der Waals surface area contributed by atoms with Crippen LogP contribution in [0.2, 0.25) is 0 Å². The van der Waals surface area contributed by atoms with Crippen LogP contribution in [0.15, 0.2) is 85.2 Å². The summed E-state index contributed by atoms with van der Waals surface area (Å²) in [5.41, 5.74) is 4.30. The van der Waals surface area contributed by atoms with Gasteiger partial charge in [0, 0.05) is 36.6 Å². The van der Waals surface area contributed by atoms with Gasteiger partial charge in [0.05, 0.1) is 37.2 Å². The second-order valence-electron chi connectivity index (χ2n) is 9.20. The largest absolute Gasteiger partial charge is 0.495 e. The number of benzene rings is 2. The van der Waals surface area contributed by atoms with Crippen molar-refractivity contribution in [1.82, 2.24) is 14.9 Å². The van der Waals surface area contributed by atoms with Gasteiger partial charge in [0.25, 0.3) is 0 Å². The number of thiocarbonyl (C=S) groups is 1. The maximum Gasteiger partial charge on any atom is 0.337 e. The average Bonchev–Trinajstić information content (AvgIpc) is 3.61. The van der Waals surface area contributed by atoms with Crippen LogP contribution in [0, 0.1) is 0 Å². The van der Waals surface area contributed by atoms with Crippen LogP contribution in [0.4, 0.5) is 11.4 Å². The number of hydrogen-bond donors (Lipinski definition) is 2. The fourth-order valence-corrected chi connectivity index (χ4v) is 5.29. The van der Waals surface area contributed by atoms with Gasteiger partial charge in [0.2, 0.25) is 5.91 Å². The number of rotatable bonds is 9. The molecule has 11 heteroatoms. The molecule has 1 fully saturated rings. The molecule has 2 N–H and O–H groups in total. The lowest BCUT2D eigenvalue weighted by Crippen LogP contribution is -2.30. The van der Waals surface area contributed by atoms with E-state index in [-0.39, 0.29) is 24.6 Å². The van der Waals surface area contributed by atoms with E-state index in [2.05, 4.69) is 20.2 Å². The molecule has 10 nitrogen and oxygen atoms in total. The summed E-state index contributed by atoms with van der Waals surface area (Å²) in [5.74, 6) is -0.204. The number of amides is 1. The third-order valence-corrected chi connectivity index (χ3v) is 7.07. The van der Waals surface area contributed by atoms with E-state index in [0.29, 0.717) is 22.1 Å². The molecule has 0 saturated carbocycles. The number of aromatic nitrogens is 2. The first kappa shape index (κ1) is 27.8. The van der Waals surface area contributed by atoms with Crippen molar-refractivity contribution in [2.75, 3.05) is 38.2 Å². The Morgan fingerprint density at radius 2 is 1.78 bits per heavy atom. The number of carbonyl (C=O) groups is 2. The van der Waals surface area contributed by atoms with Crippen molar-refractivity contribution in [3.8, 4) is 11.4 Å². The summed E-state index contributed by atoms with van der Waals surface area (Å²) in [4.78, 5) is 31.0. The van der Waals surface area contributed by atoms with E-state index < -0.39 is 5.97 Å². The number of methoxy groups -OCH3 is 3. The molecule has 1 amide bonds. The van der Waals surface area contributed by atoms with Crippen LogP contribution in [0.5, 0.6) is 5.75 Å². The summed E-state index contributed by atoms with van der Waals surface area (Å²) in [5, 5.41) is 6.81. The Hall–Kier alpha value is -4.74. The summed E-state index contributed by atoms with van der Waals surface area (Å²) in [7, 11) is 4.36. The second kappa shape index (κ2) is 12.2. The molecule has 2 atom stereocenters. The standard InChI is InChI=1S/C30H29N5O5S/c1-38-18-26(36)32-23-17-21(13-14-25(23)39-2)35-28(27(33-30(35)41)22-7-4-5-15-31-22)24-8-6-16-34(24)20-11-9-19(10-12-20)29(37)40-3/h4-17,27-28H,18H2,1-3H3,(H,32,36)(H,33,41)/t27-,28+/m1/s1. The number of anilines is 2. The first-order chi connectivity index (χ1) is 19.9. The van der Waals surface area contributed by atoms with Crippen molar-refractivity contribution in [1.29, 1.82) is 0 Å². The summed E-state index contributed by atoms with van der Waals surface area (Å²) in [6.07, 6.45) is 3.71. The van der Waals surface area contributed by atoms with E-state index in [9.17, 15) is 9.59 Å². The van der Waals surface area contributed by atoms with Gasteiger partial charge in [0.1, 0.15) is 18.4 Å². The number of carbonyl (C=O) groups excluding carboxylic acids is 2. The van der Waals surface area contributed by atoms with Crippen molar-refractivity contribution in [2.45, 2.75) is 12.1 Å². The normalized spacial score (nSPS) is 16.3. The van der Waals surface area contributed by atoms with E-state index in [0.717, 1.165) is 22.8 Å². The molecule has 210 valence electrons. The molecule has 0 radical (unpaired) electrons. The zero-order chi connectivity index (χ0) is 28.9. The molecule has 5 rings (SSSR count). The molecule has 0 aliphatic carbocycles. The lowest BCUT2D eigenvalue weighted by molar-refractivity contribution is -0.119. The number of ether oxygens (including phenoxy) is 3. The van der Waals surface area contributed by atoms with Crippen LogP contribution in [0.1, 0.15) is 33.8 Å². The number of esters is 1. The van der Waals surface area contributed by atoms with Crippen LogP contribution < -0.4 is 20.3 Å². The fraction of sp³-hybridized carbons (Fsp3) is 0.200. The van der Waals surface area contributed by atoms with Crippen LogP contribution in [-0.2, 0) is 14.3 Å². The minimum atomic E-state index is -0.399. The Kier molecular flexibility index (Phi) is 8.27. The van der Waals surface area contributed by atoms with Gasteiger partial charge in [-0.05, 0) is 78.9 Å². The highest BCUT2D eigenvalue weighted by atomic mass is 32.1. The molecule has 3 heterocycles. The van der Waals surface area contributed by atoms with Crippen molar-refractivity contribution in [2.24, 2.45) is 0 Å². The predicted molar refractivity (Wildman–Crippen MR) is 159 cm³/mol. The maximum atomic E-state index is 12.4. The third kappa shape index (κ3) is 5.63. The van der Waals surface area contributed by atoms with Gasteiger partial charge < -0.3 is 34.3 Å². The van der Waals surface area contributed by atoms with E-state index in [1.807, 2.05) is 65.7 Å². The molecule has 2 aromatic carbocycles. The highest BCUT2D eigenvalue weighted by Crippen LogP contribution is 2.43. The van der Waals surface area contributed by atoms with Gasteiger partial charge in [0.15, 0.2) is 5.11 Å². The van der Waals surface area contributed by atoms with Crippen LogP contribution in [0.25, 0.3) is 5.69 Å². The number of pyridine rings is 1. The Morgan fingerprint density at radius 3 is 2.46 bits per heavy atom. The van der Waals surface area contributed by atoms with Gasteiger partial charge in [-0.15, -0.1) is 0 Å². The highest BCUT2D eigenvalue weighted by molar-refractivity contribution is 7.80. The van der Waals surface area contributed by atoms with Crippen molar-refractivity contribution in [3.05, 3.63) is 102 Å². The van der Waals surface area contributed by atoms with Gasteiger partial charge >= 0.3 is 5.97 Å². The molecule has 1 aliphatic heterocycles. The summed E-state index contributed by atoms with van der Waals surface area (Å²) in [6.45, 7) is -0.0935. The lowest BCUT2D eigenvalue weighted by Gasteiger charge is -2.29. The van der Waals surface area contributed by atoms with Gasteiger partial charge in [-0.3, -0.25) is 9.78 Å². The number of hydrogen-bond acceptors (Lipinski definition) is 7. The van der Waals surface area contributed by atoms with E-state index in [1.165, 1.54) is 14.2 Å². The molecule has 2 aromatic heterocycles. The minimum absolute atomic E-state index is 0.0935. The lowest BCUT2D eigenvalue weighted by atomic mass is 10.0. The highest BCUT2D eigenvalue weighted by Gasteiger charge is 2.42. The maximum absolute atomic E-state index is 12.4. The molecule has 1 saturated heterocycles. The first-order valence-corrected chi connectivity index (χ1v) is 13.2. The molecular weight excluding hydrogens is 542 g/mol. The Labute approximate surface area is 242 Å². The fourth-order valence-electron chi connectivity index (χ4n) is 4.94. The van der Waals surface area contributed by atoms with Gasteiger partial charge in [-0.1, -0.05) is 6.07 Å². The summed E-state index contributed by atoms with van der Waals surface area (Å²) >= 11 is 5.89. The topological polar surface area (TPSA) is 107 Å². The Bertz CT molecular complexity index is 1560. The number of nitrogens with zero attached hydrogens (tertiary/aromatic N) is 3. The summed E-state index contributed by atoms with van der Waals surface area (Å²) < 4.78 is 17.4. The van der Waals surface area contributed by atoms with Crippen molar-refractivity contribution < 1.29 is 23.8 Å². The molecule has 0 unspecified atom stereocenters. The first-order valence-electron chi connectivity index (χ1n) is 12.8. The van der Waals surface area contributed by atoms with Crippen molar-refractivity contribution >= 4 is 40.6 Å². The molecular formula is C30H29N5O5S. The zero-order valence-corrected chi connectivity index (χ0v) is 23.6. The SMILES string of the molecule is COCC(=O)Nc1cc(N2C(=S)N[C@H](c3ccccn3)[C@@H]2c2cccn2-c2ccc(C(=O)OC)cc2)ccc1OC. The van der Waals surface area contributed by atoms with E-state index >= 15 is 0 Å². The third-order valence-electron chi connectivity index (χ3n) is 6.76. The molecule has 41 heavy (non-hydrogen) atoms. The molecule has 0 spiro atoms.